The van der Waals surface area contributed by atoms with Crippen molar-refractivity contribution in [3.05, 3.63) is 53.2 Å². The highest BCUT2D eigenvalue weighted by molar-refractivity contribution is 5.47. The van der Waals surface area contributed by atoms with Gasteiger partial charge in [-0.25, -0.2) is 4.98 Å². The smallest absolute Gasteiger partial charge is 0.130 e. The van der Waals surface area contributed by atoms with Crippen molar-refractivity contribution in [3.63, 3.8) is 0 Å². The maximum absolute atomic E-state index is 8.98. The van der Waals surface area contributed by atoms with Gasteiger partial charge in [-0.05, 0) is 36.8 Å². The topological polar surface area (TPSA) is 65.9 Å². The molecule has 1 heterocycles. The third-order valence-corrected chi connectivity index (χ3v) is 2.86. The molecule has 0 bridgehead atoms. The molecule has 0 unspecified atom stereocenters. The van der Waals surface area contributed by atoms with Gasteiger partial charge in [-0.2, -0.15) is 5.26 Å². The molecule has 4 nitrogen and oxygen atoms in total. The van der Waals surface area contributed by atoms with Gasteiger partial charge in [-0.3, -0.25) is 0 Å². The average molecular weight is 252 g/mol. The number of nitrogens with zero attached hydrogens (tertiary/aromatic N) is 3. The Morgan fingerprint density at radius 3 is 2.58 bits per heavy atom. The highest BCUT2D eigenvalue weighted by Gasteiger charge is 2.06. The second-order valence-corrected chi connectivity index (χ2v) is 4.56. The summed E-state index contributed by atoms with van der Waals surface area (Å²) in [5.41, 5.74) is 9.05. The highest BCUT2D eigenvalue weighted by atomic mass is 15.2. The van der Waals surface area contributed by atoms with E-state index in [2.05, 4.69) is 11.1 Å². The number of pyridine rings is 1. The van der Waals surface area contributed by atoms with Crippen LogP contribution in [0, 0.1) is 18.3 Å². The first-order valence-electron chi connectivity index (χ1n) is 6.03. The van der Waals surface area contributed by atoms with Gasteiger partial charge in [-0.15, -0.1) is 0 Å². The number of benzene rings is 1. The maximum atomic E-state index is 8.98. The van der Waals surface area contributed by atoms with Gasteiger partial charge in [0, 0.05) is 25.0 Å². The van der Waals surface area contributed by atoms with Gasteiger partial charge in [0.2, 0.25) is 0 Å². The highest BCUT2D eigenvalue weighted by Crippen LogP contribution is 2.16. The van der Waals surface area contributed by atoms with Gasteiger partial charge in [0.05, 0.1) is 11.6 Å². The number of rotatable bonds is 3. The Labute approximate surface area is 113 Å². The summed E-state index contributed by atoms with van der Waals surface area (Å²) in [6, 6.07) is 13.5. The number of anilines is 2. The normalized spacial score (nSPS) is 9.95. The third kappa shape index (κ3) is 3.23. The molecule has 1 aromatic carbocycles. The van der Waals surface area contributed by atoms with Crippen LogP contribution < -0.4 is 10.6 Å². The lowest BCUT2D eigenvalue weighted by Crippen LogP contribution is -2.18. The van der Waals surface area contributed by atoms with Crippen molar-refractivity contribution < 1.29 is 0 Å². The van der Waals surface area contributed by atoms with Crippen molar-refractivity contribution in [1.82, 2.24) is 4.98 Å². The van der Waals surface area contributed by atoms with Crippen molar-refractivity contribution in [1.29, 1.82) is 5.26 Å². The van der Waals surface area contributed by atoms with Crippen LogP contribution >= 0.6 is 0 Å². The Morgan fingerprint density at radius 1 is 1.26 bits per heavy atom. The molecule has 19 heavy (non-hydrogen) atoms. The summed E-state index contributed by atoms with van der Waals surface area (Å²) >= 11 is 0. The second kappa shape index (κ2) is 5.40. The van der Waals surface area contributed by atoms with Crippen molar-refractivity contribution in [2.75, 3.05) is 17.7 Å². The molecule has 0 aliphatic heterocycles. The molecule has 0 atom stereocenters. The van der Waals surface area contributed by atoms with Crippen LogP contribution in [0.4, 0.5) is 11.5 Å². The largest absolute Gasteiger partial charge is 0.399 e. The van der Waals surface area contributed by atoms with Crippen molar-refractivity contribution in [3.8, 4) is 6.07 Å². The summed E-state index contributed by atoms with van der Waals surface area (Å²) in [4.78, 5) is 6.46. The molecule has 0 saturated heterocycles. The minimum atomic E-state index is 0.631. The van der Waals surface area contributed by atoms with Crippen LogP contribution in [0.3, 0.4) is 0 Å². The molecule has 2 aromatic rings. The Bertz CT molecular complexity index is 611. The van der Waals surface area contributed by atoms with E-state index in [0.717, 1.165) is 29.3 Å². The summed E-state index contributed by atoms with van der Waals surface area (Å²) in [6.07, 6.45) is 0. The Morgan fingerprint density at radius 2 is 1.95 bits per heavy atom. The van der Waals surface area contributed by atoms with E-state index < -0.39 is 0 Å². The summed E-state index contributed by atoms with van der Waals surface area (Å²) in [6.45, 7) is 2.61. The predicted octanol–water partition coefficient (Wildman–Crippen LogP) is 2.48. The van der Waals surface area contributed by atoms with E-state index in [1.165, 1.54) is 0 Å². The minimum Gasteiger partial charge on any atom is -0.399 e. The lowest BCUT2D eigenvalue weighted by molar-refractivity contribution is 0.892. The fourth-order valence-electron chi connectivity index (χ4n) is 1.89. The summed E-state index contributed by atoms with van der Waals surface area (Å²) < 4.78 is 0. The molecule has 0 fully saturated rings. The SMILES string of the molecule is Cc1cc(C#N)cc(N(C)Cc2ccc(N)cc2)n1. The number of aromatic nitrogens is 1. The zero-order chi connectivity index (χ0) is 13.8. The lowest BCUT2D eigenvalue weighted by Gasteiger charge is -2.19. The van der Waals surface area contributed by atoms with Crippen molar-refractivity contribution in [2.24, 2.45) is 0 Å². The van der Waals surface area contributed by atoms with Gasteiger partial charge in [0.15, 0.2) is 0 Å². The van der Waals surface area contributed by atoms with E-state index >= 15 is 0 Å². The van der Waals surface area contributed by atoms with Gasteiger partial charge < -0.3 is 10.6 Å². The molecule has 0 radical (unpaired) electrons. The van der Waals surface area contributed by atoms with Crippen LogP contribution in [-0.4, -0.2) is 12.0 Å². The zero-order valence-corrected chi connectivity index (χ0v) is 11.1. The third-order valence-electron chi connectivity index (χ3n) is 2.86. The monoisotopic (exact) mass is 252 g/mol. The Kier molecular flexibility index (Phi) is 3.67. The molecule has 2 rings (SSSR count). The molecular formula is C15H16N4. The molecule has 0 saturated carbocycles. The molecule has 0 spiro atoms. The Hall–Kier alpha value is -2.54. The maximum Gasteiger partial charge on any atom is 0.130 e. The first-order valence-corrected chi connectivity index (χ1v) is 6.03. The minimum absolute atomic E-state index is 0.631. The molecular weight excluding hydrogens is 236 g/mol. The quantitative estimate of drug-likeness (QED) is 0.852. The molecule has 4 heteroatoms. The van der Waals surface area contributed by atoms with E-state index in [1.807, 2.05) is 43.1 Å². The fourth-order valence-corrected chi connectivity index (χ4v) is 1.89. The number of nitriles is 1. The van der Waals surface area contributed by atoms with E-state index in [9.17, 15) is 0 Å². The van der Waals surface area contributed by atoms with Gasteiger partial charge in [-0.1, -0.05) is 12.1 Å². The first kappa shape index (κ1) is 12.9. The lowest BCUT2D eigenvalue weighted by atomic mass is 10.2. The molecule has 0 aliphatic carbocycles. The first-order chi connectivity index (χ1) is 9.08. The standard InChI is InChI=1S/C15H16N4/c1-11-7-13(9-16)8-15(18-11)19(2)10-12-3-5-14(17)6-4-12/h3-8H,10,17H2,1-2H3. The molecule has 0 aliphatic rings. The summed E-state index contributed by atoms with van der Waals surface area (Å²) in [5, 5.41) is 8.98. The van der Waals surface area contributed by atoms with Gasteiger partial charge >= 0.3 is 0 Å². The summed E-state index contributed by atoms with van der Waals surface area (Å²) in [7, 11) is 1.96. The van der Waals surface area contributed by atoms with E-state index in [4.69, 9.17) is 11.0 Å². The van der Waals surface area contributed by atoms with Crippen LogP contribution in [0.1, 0.15) is 16.8 Å². The van der Waals surface area contributed by atoms with Gasteiger partial charge in [0.1, 0.15) is 5.82 Å². The van der Waals surface area contributed by atoms with E-state index in [-0.39, 0.29) is 0 Å². The second-order valence-electron chi connectivity index (χ2n) is 4.56. The van der Waals surface area contributed by atoms with Crippen molar-refractivity contribution >= 4 is 11.5 Å². The van der Waals surface area contributed by atoms with Crippen molar-refractivity contribution in [2.45, 2.75) is 13.5 Å². The molecule has 0 amide bonds. The fraction of sp³-hybridized carbons (Fsp3) is 0.200. The number of hydrogen-bond acceptors (Lipinski definition) is 4. The number of nitrogen functional groups attached to an aromatic ring is 1. The molecule has 1 aromatic heterocycles. The average Bonchev–Trinajstić information content (AvgIpc) is 2.40. The summed E-state index contributed by atoms with van der Waals surface area (Å²) in [5.74, 6) is 0.799. The number of nitrogens with two attached hydrogens (primary N) is 1. The van der Waals surface area contributed by atoms with E-state index in [0.29, 0.717) is 5.56 Å². The van der Waals surface area contributed by atoms with Crippen LogP contribution in [-0.2, 0) is 6.54 Å². The number of hydrogen-bond donors (Lipinski definition) is 1. The molecule has 96 valence electrons. The van der Waals surface area contributed by atoms with Crippen LogP contribution in [0.25, 0.3) is 0 Å². The molecule has 2 N–H and O–H groups in total. The Balaban J connectivity index is 2.20. The van der Waals surface area contributed by atoms with Gasteiger partial charge in [0.25, 0.3) is 0 Å². The predicted molar refractivity (Wildman–Crippen MR) is 76.7 cm³/mol. The van der Waals surface area contributed by atoms with Crippen LogP contribution in [0.15, 0.2) is 36.4 Å². The number of aryl methyl sites for hydroxylation is 1. The van der Waals surface area contributed by atoms with Crippen LogP contribution in [0.5, 0.6) is 0 Å². The zero-order valence-electron chi connectivity index (χ0n) is 11.1. The van der Waals surface area contributed by atoms with E-state index in [1.54, 1.807) is 12.1 Å². The van der Waals surface area contributed by atoms with Crippen LogP contribution in [0.2, 0.25) is 0 Å².